The molecule has 1 fully saturated rings. The van der Waals surface area contributed by atoms with Gasteiger partial charge in [0.2, 0.25) is 0 Å². The molecule has 0 N–H and O–H groups in total. The van der Waals surface area contributed by atoms with Gasteiger partial charge in [-0.15, -0.1) is 11.8 Å². The summed E-state index contributed by atoms with van der Waals surface area (Å²) >= 11 is 3.84. The van der Waals surface area contributed by atoms with Crippen molar-refractivity contribution in [2.75, 3.05) is 11.5 Å². The average Bonchev–Trinajstić information content (AvgIpc) is 2.42. The lowest BCUT2D eigenvalue weighted by Gasteiger charge is -2.29. The van der Waals surface area contributed by atoms with Gasteiger partial charge in [-0.05, 0) is 31.4 Å². The molecule has 0 saturated carbocycles. The molecular weight excluding hydrogens is 272 g/mol. The number of carbonyl (C=O) groups excluding carboxylic acids is 1. The van der Waals surface area contributed by atoms with Crippen molar-refractivity contribution in [1.29, 1.82) is 0 Å². The summed E-state index contributed by atoms with van der Waals surface area (Å²) < 4.78 is 0. The predicted octanol–water partition coefficient (Wildman–Crippen LogP) is 4.04. The number of rotatable bonds is 4. The molecule has 1 aromatic carbocycles. The van der Waals surface area contributed by atoms with Gasteiger partial charge < -0.3 is 0 Å². The van der Waals surface area contributed by atoms with E-state index in [1.165, 1.54) is 22.4 Å². The number of thioether (sulfide) groups is 2. The van der Waals surface area contributed by atoms with Crippen LogP contribution < -0.4 is 0 Å². The van der Waals surface area contributed by atoms with Crippen LogP contribution in [0.5, 0.6) is 0 Å². The van der Waals surface area contributed by atoms with Gasteiger partial charge in [0.1, 0.15) is 0 Å². The summed E-state index contributed by atoms with van der Waals surface area (Å²) in [6, 6.07) is 6.40. The molecule has 2 rings (SSSR count). The largest absolute Gasteiger partial charge is 0.298 e. The van der Waals surface area contributed by atoms with Crippen LogP contribution in [-0.4, -0.2) is 27.8 Å². The Hall–Kier alpha value is -0.410. The van der Waals surface area contributed by atoms with Crippen molar-refractivity contribution < 1.29 is 4.79 Å². The van der Waals surface area contributed by atoms with Crippen LogP contribution >= 0.6 is 23.5 Å². The molecule has 1 saturated heterocycles. The van der Waals surface area contributed by atoms with Crippen LogP contribution in [0.15, 0.2) is 18.2 Å². The minimum absolute atomic E-state index is 0.198. The molecule has 1 aliphatic heterocycles. The highest BCUT2D eigenvalue weighted by Gasteiger charge is 2.30. The first-order valence-corrected chi connectivity index (χ1v) is 9.03. The fourth-order valence-corrected chi connectivity index (χ4v) is 5.52. The molecule has 19 heavy (non-hydrogen) atoms. The average molecular weight is 294 g/mol. The molecule has 2 unspecified atom stereocenters. The van der Waals surface area contributed by atoms with Crippen LogP contribution in [0.2, 0.25) is 0 Å². The molecule has 0 amide bonds. The maximum Gasteiger partial charge on any atom is 0.151 e. The van der Waals surface area contributed by atoms with Crippen molar-refractivity contribution in [3.8, 4) is 0 Å². The molecule has 0 bridgehead atoms. The van der Waals surface area contributed by atoms with E-state index in [1.807, 2.05) is 23.5 Å². The lowest BCUT2D eigenvalue weighted by atomic mass is 9.98. The van der Waals surface area contributed by atoms with Gasteiger partial charge >= 0.3 is 0 Å². The molecule has 0 spiro atoms. The first-order chi connectivity index (χ1) is 9.11. The second kappa shape index (κ2) is 6.85. The monoisotopic (exact) mass is 294 g/mol. The zero-order chi connectivity index (χ0) is 13.8. The smallest absolute Gasteiger partial charge is 0.151 e. The van der Waals surface area contributed by atoms with Crippen molar-refractivity contribution in [3.63, 3.8) is 0 Å². The third kappa shape index (κ3) is 3.79. The highest BCUT2D eigenvalue weighted by Crippen LogP contribution is 2.34. The van der Waals surface area contributed by atoms with E-state index < -0.39 is 0 Å². The molecule has 3 heteroatoms. The summed E-state index contributed by atoms with van der Waals surface area (Å²) in [5.41, 5.74) is 3.68. The third-order valence-corrected chi connectivity index (χ3v) is 6.93. The van der Waals surface area contributed by atoms with E-state index in [0.29, 0.717) is 17.5 Å². The summed E-state index contributed by atoms with van der Waals surface area (Å²) in [4.78, 5) is 12.6. The Labute approximate surface area is 124 Å². The zero-order valence-corrected chi connectivity index (χ0v) is 13.6. The second-order valence-corrected chi connectivity index (χ2v) is 7.78. The van der Waals surface area contributed by atoms with Crippen LogP contribution in [0.4, 0.5) is 0 Å². The standard InChI is InChI=1S/C16H22OS2/c1-4-15-16(19-8-7-18-15)14(17)10-13-9-11(2)5-6-12(13)3/h5-6,9,15-16H,4,7-8,10H2,1-3H3. The highest BCUT2D eigenvalue weighted by atomic mass is 32.2. The Morgan fingerprint density at radius 3 is 2.74 bits per heavy atom. The maximum atomic E-state index is 12.6. The molecule has 0 aliphatic carbocycles. The fourth-order valence-electron chi connectivity index (χ4n) is 2.48. The van der Waals surface area contributed by atoms with E-state index in [0.717, 1.165) is 12.2 Å². The minimum atomic E-state index is 0.198. The van der Waals surface area contributed by atoms with Crippen LogP contribution in [0.25, 0.3) is 0 Å². The SMILES string of the molecule is CCC1SCCSC1C(=O)Cc1cc(C)ccc1C. The maximum absolute atomic E-state index is 12.6. The molecule has 1 aromatic rings. The van der Waals surface area contributed by atoms with Crippen molar-refractivity contribution in [2.45, 2.75) is 44.1 Å². The van der Waals surface area contributed by atoms with Crippen molar-refractivity contribution in [3.05, 3.63) is 34.9 Å². The summed E-state index contributed by atoms with van der Waals surface area (Å²) in [5.74, 6) is 2.72. The lowest BCUT2D eigenvalue weighted by Crippen LogP contribution is -2.33. The minimum Gasteiger partial charge on any atom is -0.298 e. The number of aryl methyl sites for hydroxylation is 2. The van der Waals surface area contributed by atoms with Gasteiger partial charge in [-0.1, -0.05) is 30.7 Å². The number of carbonyl (C=O) groups is 1. The fraction of sp³-hybridized carbons (Fsp3) is 0.562. The molecule has 1 aliphatic rings. The lowest BCUT2D eigenvalue weighted by molar-refractivity contribution is -0.117. The van der Waals surface area contributed by atoms with Gasteiger partial charge in [0.25, 0.3) is 0 Å². The van der Waals surface area contributed by atoms with Gasteiger partial charge in [-0.25, -0.2) is 0 Å². The van der Waals surface area contributed by atoms with E-state index in [-0.39, 0.29) is 5.25 Å². The molecule has 0 radical (unpaired) electrons. The topological polar surface area (TPSA) is 17.1 Å². The van der Waals surface area contributed by atoms with Gasteiger partial charge in [0.05, 0.1) is 5.25 Å². The Kier molecular flexibility index (Phi) is 5.40. The summed E-state index contributed by atoms with van der Waals surface area (Å²) in [6.45, 7) is 6.39. The van der Waals surface area contributed by atoms with E-state index in [9.17, 15) is 4.79 Å². The van der Waals surface area contributed by atoms with E-state index in [2.05, 4.69) is 39.0 Å². The Balaban J connectivity index is 2.09. The normalized spacial score (nSPS) is 23.3. The number of Topliss-reactive ketones (excluding diaryl/α,β-unsaturated/α-hetero) is 1. The zero-order valence-electron chi connectivity index (χ0n) is 11.9. The predicted molar refractivity (Wildman–Crippen MR) is 87.4 cm³/mol. The number of benzene rings is 1. The molecule has 0 aromatic heterocycles. The molecule has 2 atom stereocenters. The number of ketones is 1. The number of hydrogen-bond acceptors (Lipinski definition) is 3. The summed E-state index contributed by atoms with van der Waals surface area (Å²) in [7, 11) is 0. The van der Waals surface area contributed by atoms with Crippen LogP contribution in [0.3, 0.4) is 0 Å². The molecule has 1 nitrogen and oxygen atoms in total. The van der Waals surface area contributed by atoms with Crippen molar-refractivity contribution in [1.82, 2.24) is 0 Å². The van der Waals surface area contributed by atoms with E-state index >= 15 is 0 Å². The summed E-state index contributed by atoms with van der Waals surface area (Å²) in [6.07, 6.45) is 1.70. The second-order valence-electron chi connectivity index (χ2n) is 5.18. The van der Waals surface area contributed by atoms with Gasteiger partial charge in [0.15, 0.2) is 5.78 Å². The Morgan fingerprint density at radius 1 is 1.26 bits per heavy atom. The first kappa shape index (κ1) is 15.0. The van der Waals surface area contributed by atoms with Gasteiger partial charge in [-0.3, -0.25) is 4.79 Å². The van der Waals surface area contributed by atoms with Crippen molar-refractivity contribution in [2.24, 2.45) is 0 Å². The third-order valence-electron chi connectivity index (χ3n) is 3.64. The van der Waals surface area contributed by atoms with Crippen LogP contribution in [0.1, 0.15) is 30.0 Å². The van der Waals surface area contributed by atoms with Gasteiger partial charge in [0, 0.05) is 23.2 Å². The van der Waals surface area contributed by atoms with E-state index in [4.69, 9.17) is 0 Å². The molecular formula is C16H22OS2. The summed E-state index contributed by atoms with van der Waals surface area (Å²) in [5, 5.41) is 0.708. The van der Waals surface area contributed by atoms with Crippen LogP contribution in [-0.2, 0) is 11.2 Å². The van der Waals surface area contributed by atoms with Crippen molar-refractivity contribution >= 4 is 29.3 Å². The van der Waals surface area contributed by atoms with Crippen LogP contribution in [0, 0.1) is 13.8 Å². The Bertz CT molecular complexity index is 456. The molecule has 1 heterocycles. The van der Waals surface area contributed by atoms with E-state index in [1.54, 1.807) is 0 Å². The first-order valence-electron chi connectivity index (χ1n) is 6.94. The highest BCUT2D eigenvalue weighted by molar-refractivity contribution is 8.07. The quantitative estimate of drug-likeness (QED) is 0.834. The number of hydrogen-bond donors (Lipinski definition) is 0. The molecule has 104 valence electrons. The van der Waals surface area contributed by atoms with Gasteiger partial charge in [-0.2, -0.15) is 11.8 Å². The Morgan fingerprint density at radius 2 is 2.00 bits per heavy atom.